The summed E-state index contributed by atoms with van der Waals surface area (Å²) >= 11 is 0. The van der Waals surface area contributed by atoms with Crippen LogP contribution >= 0.6 is 0 Å². The smallest absolute Gasteiger partial charge is 0.254 e. The molecule has 1 aliphatic rings. The number of nitrogens with one attached hydrogen (secondary N) is 1. The molecular formula is C20H23FN2O4S. The summed E-state index contributed by atoms with van der Waals surface area (Å²) < 4.78 is 45.7. The second-order valence-corrected chi connectivity index (χ2v) is 8.45. The standard InChI is InChI=1S/C20H23FN2O4S/c1-14-19-13-17(21)7-6-15(19)8-10-23(14)20(24)16-4-3-5-18(12-16)28(25,26)22-9-11-27-2/h3-7,12-14,22H,8-11H2,1-2H3. The van der Waals surface area contributed by atoms with Crippen LogP contribution in [0.25, 0.3) is 0 Å². The van der Waals surface area contributed by atoms with Crippen molar-refractivity contribution in [3.63, 3.8) is 0 Å². The number of hydrogen-bond acceptors (Lipinski definition) is 4. The van der Waals surface area contributed by atoms with E-state index in [9.17, 15) is 17.6 Å². The number of sulfonamides is 1. The Bertz CT molecular complexity index is 978. The number of fused-ring (bicyclic) bond motifs is 1. The van der Waals surface area contributed by atoms with E-state index in [-0.39, 0.29) is 41.4 Å². The highest BCUT2D eigenvalue weighted by atomic mass is 32.2. The molecule has 3 rings (SSSR count). The van der Waals surface area contributed by atoms with Gasteiger partial charge in [0.1, 0.15) is 5.82 Å². The normalized spacial score (nSPS) is 16.7. The molecule has 1 amide bonds. The maximum atomic E-state index is 13.6. The molecule has 1 unspecified atom stereocenters. The van der Waals surface area contributed by atoms with E-state index in [2.05, 4.69) is 4.72 Å². The molecule has 8 heteroatoms. The molecule has 28 heavy (non-hydrogen) atoms. The molecular weight excluding hydrogens is 383 g/mol. The number of amides is 1. The van der Waals surface area contributed by atoms with Gasteiger partial charge in [-0.05, 0) is 54.8 Å². The molecule has 150 valence electrons. The van der Waals surface area contributed by atoms with Crippen LogP contribution in [0, 0.1) is 5.82 Å². The van der Waals surface area contributed by atoms with Gasteiger partial charge in [0.25, 0.3) is 5.91 Å². The minimum atomic E-state index is -3.74. The number of benzene rings is 2. The van der Waals surface area contributed by atoms with Gasteiger partial charge in [-0.25, -0.2) is 17.5 Å². The van der Waals surface area contributed by atoms with Crippen molar-refractivity contribution >= 4 is 15.9 Å². The second-order valence-electron chi connectivity index (χ2n) is 6.69. The van der Waals surface area contributed by atoms with Crippen LogP contribution in [0.1, 0.15) is 34.5 Å². The third kappa shape index (κ3) is 4.24. The highest BCUT2D eigenvalue weighted by Crippen LogP contribution is 2.31. The van der Waals surface area contributed by atoms with Crippen molar-refractivity contribution in [3.8, 4) is 0 Å². The molecule has 1 aliphatic heterocycles. The molecule has 0 bridgehead atoms. The van der Waals surface area contributed by atoms with Gasteiger partial charge in [-0.2, -0.15) is 0 Å². The maximum Gasteiger partial charge on any atom is 0.254 e. The number of carbonyl (C=O) groups is 1. The summed E-state index contributed by atoms with van der Waals surface area (Å²) in [6.07, 6.45) is 0.627. The topological polar surface area (TPSA) is 75.7 Å². The first-order chi connectivity index (χ1) is 13.3. The van der Waals surface area contributed by atoms with Gasteiger partial charge in [0, 0.05) is 25.8 Å². The van der Waals surface area contributed by atoms with Gasteiger partial charge < -0.3 is 9.64 Å². The molecule has 0 spiro atoms. The lowest BCUT2D eigenvalue weighted by molar-refractivity contribution is 0.0677. The number of methoxy groups -OCH3 is 1. The van der Waals surface area contributed by atoms with Gasteiger partial charge in [0.15, 0.2) is 0 Å². The van der Waals surface area contributed by atoms with Crippen LogP contribution in [-0.2, 0) is 21.2 Å². The summed E-state index contributed by atoms with van der Waals surface area (Å²) in [4.78, 5) is 14.7. The number of ether oxygens (including phenoxy) is 1. The van der Waals surface area contributed by atoms with E-state index in [1.54, 1.807) is 23.1 Å². The molecule has 0 aromatic heterocycles. The zero-order valence-electron chi connectivity index (χ0n) is 15.8. The van der Waals surface area contributed by atoms with Crippen molar-refractivity contribution in [3.05, 3.63) is 65.0 Å². The van der Waals surface area contributed by atoms with Gasteiger partial charge in [-0.15, -0.1) is 0 Å². The number of hydrogen-bond donors (Lipinski definition) is 1. The monoisotopic (exact) mass is 406 g/mol. The van der Waals surface area contributed by atoms with Crippen molar-refractivity contribution in [1.29, 1.82) is 0 Å². The Hall–Kier alpha value is -2.29. The average Bonchev–Trinajstić information content (AvgIpc) is 2.68. The van der Waals surface area contributed by atoms with Crippen LogP contribution in [0.2, 0.25) is 0 Å². The first kappa shape index (κ1) is 20.4. The lowest BCUT2D eigenvalue weighted by atomic mass is 9.93. The quantitative estimate of drug-likeness (QED) is 0.748. The fourth-order valence-corrected chi connectivity index (χ4v) is 4.44. The predicted molar refractivity (Wildman–Crippen MR) is 103 cm³/mol. The molecule has 6 nitrogen and oxygen atoms in total. The minimum Gasteiger partial charge on any atom is -0.383 e. The van der Waals surface area contributed by atoms with Crippen LogP contribution in [0.3, 0.4) is 0 Å². The molecule has 0 saturated heterocycles. The van der Waals surface area contributed by atoms with E-state index >= 15 is 0 Å². The predicted octanol–water partition coefficient (Wildman–Crippen LogP) is 2.51. The summed E-state index contributed by atoms with van der Waals surface area (Å²) in [5.74, 6) is -0.619. The van der Waals surface area contributed by atoms with Crippen molar-refractivity contribution in [2.75, 3.05) is 26.8 Å². The highest BCUT2D eigenvalue weighted by molar-refractivity contribution is 7.89. The lowest BCUT2D eigenvalue weighted by Crippen LogP contribution is -2.39. The number of rotatable bonds is 6. The Kier molecular flexibility index (Phi) is 6.12. The maximum absolute atomic E-state index is 13.6. The first-order valence-corrected chi connectivity index (χ1v) is 10.5. The van der Waals surface area contributed by atoms with Crippen molar-refractivity contribution in [2.24, 2.45) is 0 Å². The summed E-state index contributed by atoms with van der Waals surface area (Å²) in [6, 6.07) is 10.3. The molecule has 2 aromatic rings. The van der Waals surface area contributed by atoms with Crippen LogP contribution in [0.4, 0.5) is 4.39 Å². The molecule has 0 radical (unpaired) electrons. The third-order valence-electron chi connectivity index (χ3n) is 4.90. The average molecular weight is 406 g/mol. The summed E-state index contributed by atoms with van der Waals surface area (Å²) in [5, 5.41) is 0. The zero-order chi connectivity index (χ0) is 20.3. The number of nitrogens with zero attached hydrogens (tertiary/aromatic N) is 1. The van der Waals surface area contributed by atoms with Crippen molar-refractivity contribution in [2.45, 2.75) is 24.3 Å². The van der Waals surface area contributed by atoms with Crippen LogP contribution < -0.4 is 4.72 Å². The van der Waals surface area contributed by atoms with E-state index in [0.29, 0.717) is 13.0 Å². The van der Waals surface area contributed by atoms with Gasteiger partial charge in [-0.1, -0.05) is 12.1 Å². The molecule has 1 heterocycles. The fourth-order valence-electron chi connectivity index (χ4n) is 3.39. The van der Waals surface area contributed by atoms with E-state index in [4.69, 9.17) is 4.74 Å². The molecule has 1 atom stereocenters. The Morgan fingerprint density at radius 2 is 2.07 bits per heavy atom. The second kappa shape index (κ2) is 8.38. The van der Waals surface area contributed by atoms with E-state index < -0.39 is 10.0 Å². The number of halogens is 1. The fraction of sp³-hybridized carbons (Fsp3) is 0.350. The lowest BCUT2D eigenvalue weighted by Gasteiger charge is -2.35. The zero-order valence-corrected chi connectivity index (χ0v) is 16.6. The van der Waals surface area contributed by atoms with Crippen LogP contribution in [0.5, 0.6) is 0 Å². The molecule has 0 saturated carbocycles. The highest BCUT2D eigenvalue weighted by Gasteiger charge is 2.29. The van der Waals surface area contributed by atoms with Gasteiger partial charge in [0.05, 0.1) is 17.5 Å². The van der Waals surface area contributed by atoms with Crippen LogP contribution in [0.15, 0.2) is 47.4 Å². The van der Waals surface area contributed by atoms with Gasteiger partial charge in [-0.3, -0.25) is 4.79 Å². The molecule has 1 N–H and O–H groups in total. The Morgan fingerprint density at radius 1 is 1.29 bits per heavy atom. The number of carbonyl (C=O) groups excluding carboxylic acids is 1. The van der Waals surface area contributed by atoms with Crippen molar-refractivity contribution < 1.29 is 22.3 Å². The van der Waals surface area contributed by atoms with E-state index in [0.717, 1.165) is 11.1 Å². The molecule has 0 aliphatic carbocycles. The summed E-state index contributed by atoms with van der Waals surface area (Å²) in [7, 11) is -2.25. The Labute approximate surface area is 164 Å². The van der Waals surface area contributed by atoms with E-state index in [1.807, 2.05) is 6.92 Å². The SMILES string of the molecule is COCCNS(=O)(=O)c1cccc(C(=O)N2CCc3ccc(F)cc3C2C)c1. The third-order valence-corrected chi connectivity index (χ3v) is 6.36. The van der Waals surface area contributed by atoms with Crippen molar-refractivity contribution in [1.82, 2.24) is 9.62 Å². The summed E-state index contributed by atoms with van der Waals surface area (Å²) in [6.45, 7) is 2.73. The Morgan fingerprint density at radius 3 is 2.82 bits per heavy atom. The summed E-state index contributed by atoms with van der Waals surface area (Å²) in [5.41, 5.74) is 2.09. The molecule has 2 aromatic carbocycles. The van der Waals surface area contributed by atoms with E-state index in [1.165, 1.54) is 31.4 Å². The van der Waals surface area contributed by atoms with Crippen LogP contribution in [-0.4, -0.2) is 46.0 Å². The Balaban J connectivity index is 1.84. The first-order valence-electron chi connectivity index (χ1n) is 9.01. The minimum absolute atomic E-state index is 0.0190. The molecule has 0 fully saturated rings. The van der Waals surface area contributed by atoms with Gasteiger partial charge >= 0.3 is 0 Å². The largest absolute Gasteiger partial charge is 0.383 e. The van der Waals surface area contributed by atoms with Gasteiger partial charge in [0.2, 0.25) is 10.0 Å².